The number of thiocarbonyl (C=S) groups is 1. The van der Waals surface area contributed by atoms with Crippen molar-refractivity contribution in [3.05, 3.63) is 0 Å². The Morgan fingerprint density at radius 3 is 2.77 bits per heavy atom. The maximum absolute atomic E-state index is 10.7. The highest BCUT2D eigenvalue weighted by Gasteiger charge is 1.97. The fourth-order valence-corrected chi connectivity index (χ4v) is 1.63. The Balaban J connectivity index is 3.11. The highest BCUT2D eigenvalue weighted by atomic mass is 32.2. The summed E-state index contributed by atoms with van der Waals surface area (Å²) in [5.41, 5.74) is 0. The van der Waals surface area contributed by atoms with Gasteiger partial charge in [0.15, 0.2) is 0 Å². The number of hydrogen-bond acceptors (Lipinski definition) is 3. The van der Waals surface area contributed by atoms with Crippen molar-refractivity contribution in [1.29, 1.82) is 0 Å². The van der Waals surface area contributed by atoms with E-state index in [-0.39, 0.29) is 0 Å². The number of unbranched alkanes of at least 4 members (excludes halogenated alkanes) is 1. The molecule has 1 N–H and O–H groups in total. The van der Waals surface area contributed by atoms with Crippen molar-refractivity contribution in [3.8, 4) is 0 Å². The number of hydrogen-bond donors (Lipinski definition) is 1. The van der Waals surface area contributed by atoms with Gasteiger partial charge in [0.1, 0.15) is 5.75 Å². The Hall–Kier alpha value is -0.0000000000000000763. The van der Waals surface area contributed by atoms with Crippen LogP contribution in [0.1, 0.15) is 19.8 Å². The van der Waals surface area contributed by atoms with Crippen molar-refractivity contribution in [2.45, 2.75) is 19.8 Å². The minimum Gasteiger partial charge on any atom is -0.617 e. The zero-order valence-corrected chi connectivity index (χ0v) is 9.80. The van der Waals surface area contributed by atoms with Crippen LogP contribution in [0.25, 0.3) is 0 Å². The molecule has 0 saturated carbocycles. The monoisotopic (exact) mass is 223 g/mol. The Labute approximate surface area is 88.4 Å². The molecule has 0 bridgehead atoms. The van der Waals surface area contributed by atoms with Crippen molar-refractivity contribution in [2.24, 2.45) is 0 Å². The van der Waals surface area contributed by atoms with Gasteiger partial charge >= 0.3 is 0 Å². The third-order valence-electron chi connectivity index (χ3n) is 1.40. The van der Waals surface area contributed by atoms with Crippen LogP contribution < -0.4 is 5.32 Å². The van der Waals surface area contributed by atoms with Crippen molar-refractivity contribution in [2.75, 3.05) is 25.2 Å². The van der Waals surface area contributed by atoms with E-state index in [0.29, 0.717) is 11.8 Å². The van der Waals surface area contributed by atoms with Gasteiger partial charge in [0.2, 0.25) is 0 Å². The van der Waals surface area contributed by atoms with Crippen LogP contribution in [0.15, 0.2) is 0 Å². The molecule has 0 aromatic heterocycles. The van der Waals surface area contributed by atoms with E-state index in [9.17, 15) is 4.55 Å². The minimum absolute atomic E-state index is 0.458. The topological polar surface area (TPSA) is 44.3 Å². The smallest absolute Gasteiger partial charge is 0.256 e. The zero-order chi connectivity index (χ0) is 10.1. The highest BCUT2D eigenvalue weighted by Crippen LogP contribution is 1.93. The lowest BCUT2D eigenvalue weighted by Crippen LogP contribution is -2.25. The molecule has 0 spiro atoms. The molecule has 0 aromatic rings. The lowest BCUT2D eigenvalue weighted by molar-refractivity contribution is 0.320. The summed E-state index contributed by atoms with van der Waals surface area (Å²) in [6, 6.07) is 0. The van der Waals surface area contributed by atoms with Crippen LogP contribution in [0.2, 0.25) is 0 Å². The van der Waals surface area contributed by atoms with E-state index in [1.54, 1.807) is 6.26 Å². The maximum atomic E-state index is 10.7. The summed E-state index contributed by atoms with van der Waals surface area (Å²) in [4.78, 5) is 0. The van der Waals surface area contributed by atoms with E-state index in [1.807, 2.05) is 6.92 Å². The number of ether oxygens (including phenoxy) is 1. The van der Waals surface area contributed by atoms with E-state index in [2.05, 4.69) is 5.32 Å². The summed E-state index contributed by atoms with van der Waals surface area (Å²) in [6.07, 6.45) is 3.66. The van der Waals surface area contributed by atoms with Gasteiger partial charge in [-0.15, -0.1) is 0 Å². The van der Waals surface area contributed by atoms with Gasteiger partial charge in [-0.2, -0.15) is 0 Å². The predicted octanol–water partition coefficient (Wildman–Crippen LogP) is 1.06. The molecule has 0 saturated heterocycles. The van der Waals surface area contributed by atoms with Crippen LogP contribution in [0, 0.1) is 0 Å². The summed E-state index contributed by atoms with van der Waals surface area (Å²) < 4.78 is 15.7. The van der Waals surface area contributed by atoms with E-state index in [1.165, 1.54) is 0 Å². The molecule has 0 aliphatic heterocycles. The van der Waals surface area contributed by atoms with Crippen LogP contribution in [0.5, 0.6) is 0 Å². The second-order valence-corrected chi connectivity index (χ2v) is 4.56. The van der Waals surface area contributed by atoms with E-state index < -0.39 is 11.2 Å². The number of nitrogens with one attached hydrogen (secondary N) is 1. The molecule has 0 fully saturated rings. The number of rotatable bonds is 6. The molecule has 0 radical (unpaired) electrons. The van der Waals surface area contributed by atoms with Crippen molar-refractivity contribution in [3.63, 3.8) is 0 Å². The van der Waals surface area contributed by atoms with Gasteiger partial charge in [-0.05, 0) is 32.0 Å². The molecule has 3 nitrogen and oxygen atoms in total. The minimum atomic E-state index is -0.675. The average molecular weight is 223 g/mol. The SMILES string of the molecule is CCOC(=S)NCCCC[S+](C)[O-]. The molecule has 1 atom stereocenters. The molecule has 0 aliphatic rings. The lowest BCUT2D eigenvalue weighted by atomic mass is 10.3. The van der Waals surface area contributed by atoms with Crippen LogP contribution >= 0.6 is 12.2 Å². The lowest BCUT2D eigenvalue weighted by Gasteiger charge is -2.08. The van der Waals surface area contributed by atoms with Crippen LogP contribution in [-0.2, 0) is 15.9 Å². The first-order valence-electron chi connectivity index (χ1n) is 4.37. The third kappa shape index (κ3) is 9.92. The van der Waals surface area contributed by atoms with Crippen LogP contribution in [-0.4, -0.2) is 34.9 Å². The molecule has 5 heteroatoms. The van der Waals surface area contributed by atoms with E-state index >= 15 is 0 Å². The Kier molecular flexibility index (Phi) is 8.59. The predicted molar refractivity (Wildman–Crippen MR) is 60.4 cm³/mol. The molecule has 78 valence electrons. The first-order chi connectivity index (χ1) is 6.16. The highest BCUT2D eigenvalue weighted by molar-refractivity contribution is 7.90. The van der Waals surface area contributed by atoms with Crippen LogP contribution in [0.4, 0.5) is 0 Å². The summed E-state index contributed by atoms with van der Waals surface area (Å²) in [5, 5.41) is 3.43. The molecule has 0 aromatic carbocycles. The molecular weight excluding hydrogens is 206 g/mol. The Morgan fingerprint density at radius 2 is 2.23 bits per heavy atom. The van der Waals surface area contributed by atoms with Crippen molar-refractivity contribution < 1.29 is 9.29 Å². The fraction of sp³-hybridized carbons (Fsp3) is 0.875. The first kappa shape index (κ1) is 13.0. The van der Waals surface area contributed by atoms with Gasteiger partial charge in [-0.1, -0.05) is 11.2 Å². The van der Waals surface area contributed by atoms with Gasteiger partial charge in [-0.25, -0.2) is 0 Å². The summed E-state index contributed by atoms with van der Waals surface area (Å²) in [7, 11) is 0. The largest absolute Gasteiger partial charge is 0.617 e. The fourth-order valence-electron chi connectivity index (χ4n) is 0.803. The molecule has 0 aliphatic carbocycles. The normalized spacial score (nSPS) is 12.2. The van der Waals surface area contributed by atoms with Gasteiger partial charge in [0.05, 0.1) is 12.9 Å². The van der Waals surface area contributed by atoms with Crippen molar-refractivity contribution in [1.82, 2.24) is 5.32 Å². The summed E-state index contributed by atoms with van der Waals surface area (Å²) in [6.45, 7) is 3.30. The summed E-state index contributed by atoms with van der Waals surface area (Å²) in [5.74, 6) is 0.767. The molecule has 1 unspecified atom stereocenters. The quantitative estimate of drug-likeness (QED) is 0.415. The Morgan fingerprint density at radius 1 is 1.54 bits per heavy atom. The molecule has 0 rings (SSSR count). The second kappa shape index (κ2) is 8.59. The van der Waals surface area contributed by atoms with Gasteiger partial charge in [-0.3, -0.25) is 0 Å². The van der Waals surface area contributed by atoms with Crippen LogP contribution in [0.3, 0.4) is 0 Å². The molecule has 0 amide bonds. The third-order valence-corrected chi connectivity index (χ3v) is 2.53. The average Bonchev–Trinajstić information content (AvgIpc) is 2.03. The van der Waals surface area contributed by atoms with E-state index in [4.69, 9.17) is 17.0 Å². The Bertz CT molecular complexity index is 142. The van der Waals surface area contributed by atoms with Crippen molar-refractivity contribution >= 4 is 28.6 Å². The van der Waals surface area contributed by atoms with Gasteiger partial charge < -0.3 is 14.6 Å². The summed E-state index contributed by atoms with van der Waals surface area (Å²) >= 11 is 4.19. The zero-order valence-electron chi connectivity index (χ0n) is 8.17. The molecular formula is C8H17NO2S2. The molecule has 0 heterocycles. The van der Waals surface area contributed by atoms with Gasteiger partial charge in [0.25, 0.3) is 5.17 Å². The molecule has 13 heavy (non-hydrogen) atoms. The van der Waals surface area contributed by atoms with E-state index in [0.717, 1.165) is 25.1 Å². The first-order valence-corrected chi connectivity index (χ1v) is 6.51. The standard InChI is InChI=1S/C8H17NO2S2/c1-3-11-8(12)9-6-4-5-7-13(2)10/h3-7H2,1-2H3,(H,9,12). The van der Waals surface area contributed by atoms with Gasteiger partial charge in [0, 0.05) is 6.54 Å². The maximum Gasteiger partial charge on any atom is 0.256 e. The second-order valence-electron chi connectivity index (χ2n) is 2.63.